The fourth-order valence-electron chi connectivity index (χ4n) is 6.66. The third-order valence-electron chi connectivity index (χ3n) is 8.61. The van der Waals surface area contributed by atoms with Gasteiger partial charge in [-0.3, -0.25) is 4.79 Å². The van der Waals surface area contributed by atoms with Gasteiger partial charge in [0.15, 0.2) is 5.13 Å². The van der Waals surface area contributed by atoms with Gasteiger partial charge in [0.05, 0.1) is 11.1 Å². The van der Waals surface area contributed by atoms with Crippen LogP contribution in [-0.4, -0.2) is 10.9 Å². The van der Waals surface area contributed by atoms with Crippen LogP contribution in [0.5, 0.6) is 0 Å². The maximum Gasteiger partial charge on any atom is 0.233 e. The van der Waals surface area contributed by atoms with E-state index in [-0.39, 0.29) is 11.3 Å². The molecule has 0 aromatic carbocycles. The number of hydrogen-bond donors (Lipinski definition) is 1. The second-order valence-electron chi connectivity index (χ2n) is 10.6. The van der Waals surface area contributed by atoms with E-state index in [1.165, 1.54) is 54.4 Å². The molecule has 0 aliphatic heterocycles. The van der Waals surface area contributed by atoms with E-state index in [0.29, 0.717) is 0 Å². The molecule has 0 saturated heterocycles. The molecule has 176 valence electrons. The van der Waals surface area contributed by atoms with Crippen LogP contribution >= 0.6 is 11.3 Å². The van der Waals surface area contributed by atoms with Crippen molar-refractivity contribution in [1.82, 2.24) is 4.98 Å². The lowest BCUT2D eigenvalue weighted by Crippen LogP contribution is -2.29. The van der Waals surface area contributed by atoms with Crippen LogP contribution in [0.4, 0.5) is 5.13 Å². The predicted octanol–water partition coefficient (Wildman–Crippen LogP) is 8.08. The number of allylic oxidation sites excluding steroid dienone is 12. The van der Waals surface area contributed by atoms with Crippen LogP contribution in [0.1, 0.15) is 83.2 Å². The van der Waals surface area contributed by atoms with Crippen molar-refractivity contribution in [2.45, 2.75) is 77.6 Å². The number of carbonyl (C=O) groups is 1. The number of amides is 1. The van der Waals surface area contributed by atoms with E-state index in [4.69, 9.17) is 4.98 Å². The lowest BCUT2D eigenvalue weighted by atomic mass is 9.76. The lowest BCUT2D eigenvalue weighted by Gasteiger charge is -2.28. The van der Waals surface area contributed by atoms with Crippen LogP contribution in [0.2, 0.25) is 0 Å². The maximum absolute atomic E-state index is 13.7. The van der Waals surface area contributed by atoms with Crippen LogP contribution in [0.15, 0.2) is 70.2 Å². The molecule has 6 rings (SSSR count). The van der Waals surface area contributed by atoms with Gasteiger partial charge in [-0.1, -0.05) is 48.1 Å². The molecular weight excluding hydrogens is 436 g/mol. The molecule has 34 heavy (non-hydrogen) atoms. The number of rotatable bonds is 5. The van der Waals surface area contributed by atoms with Crippen LogP contribution in [0.25, 0.3) is 5.57 Å². The number of nitrogens with one attached hydrogen (secondary N) is 1. The zero-order valence-corrected chi connectivity index (χ0v) is 21.0. The van der Waals surface area contributed by atoms with Gasteiger partial charge in [-0.15, -0.1) is 11.3 Å². The first-order chi connectivity index (χ1) is 16.6. The van der Waals surface area contributed by atoms with Crippen molar-refractivity contribution >= 4 is 27.9 Å². The summed E-state index contributed by atoms with van der Waals surface area (Å²) in [6.45, 7) is 2.15. The third-order valence-corrected chi connectivity index (χ3v) is 9.37. The van der Waals surface area contributed by atoms with Gasteiger partial charge in [0, 0.05) is 16.4 Å². The second kappa shape index (κ2) is 8.64. The average molecular weight is 471 g/mol. The topological polar surface area (TPSA) is 42.0 Å². The number of anilines is 1. The maximum atomic E-state index is 13.7. The Labute approximate surface area is 207 Å². The molecule has 0 bridgehead atoms. The van der Waals surface area contributed by atoms with Gasteiger partial charge in [-0.25, -0.2) is 4.98 Å². The molecule has 1 heterocycles. The smallest absolute Gasteiger partial charge is 0.233 e. The highest BCUT2D eigenvalue weighted by atomic mass is 32.1. The lowest BCUT2D eigenvalue weighted by molar-refractivity contribution is -0.121. The number of nitrogens with zero attached hydrogens (tertiary/aromatic N) is 1. The van der Waals surface area contributed by atoms with Crippen molar-refractivity contribution in [2.75, 3.05) is 5.32 Å². The predicted molar refractivity (Wildman–Crippen MR) is 142 cm³/mol. The van der Waals surface area contributed by atoms with E-state index in [2.05, 4.69) is 60.2 Å². The van der Waals surface area contributed by atoms with Crippen LogP contribution in [0.3, 0.4) is 0 Å². The van der Waals surface area contributed by atoms with Crippen molar-refractivity contribution in [1.29, 1.82) is 0 Å². The zero-order chi connectivity index (χ0) is 23.2. The Morgan fingerprint density at radius 2 is 1.68 bits per heavy atom. The highest BCUT2D eigenvalue weighted by molar-refractivity contribution is 7.14. The van der Waals surface area contributed by atoms with E-state index in [9.17, 15) is 4.79 Å². The van der Waals surface area contributed by atoms with E-state index in [1.54, 1.807) is 16.9 Å². The minimum Gasteiger partial charge on any atom is -0.301 e. The number of thiazole rings is 1. The quantitative estimate of drug-likeness (QED) is 0.472. The van der Waals surface area contributed by atoms with E-state index in [0.717, 1.165) is 49.4 Å². The summed E-state index contributed by atoms with van der Waals surface area (Å²) in [4.78, 5) is 18.6. The second-order valence-corrected chi connectivity index (χ2v) is 11.5. The number of aromatic nitrogens is 1. The molecule has 1 aromatic rings. The van der Waals surface area contributed by atoms with Gasteiger partial charge in [0.1, 0.15) is 0 Å². The average Bonchev–Trinajstić information content (AvgIpc) is 3.30. The minimum atomic E-state index is -0.455. The van der Waals surface area contributed by atoms with E-state index in [1.807, 2.05) is 0 Å². The number of carbonyl (C=O) groups excluding carboxylic acids is 1. The summed E-state index contributed by atoms with van der Waals surface area (Å²) in [5, 5.41) is 6.09. The van der Waals surface area contributed by atoms with Gasteiger partial charge < -0.3 is 5.32 Å². The molecule has 3 nitrogen and oxygen atoms in total. The highest BCUT2D eigenvalue weighted by Gasteiger charge is 2.71. The Hall–Kier alpha value is -2.46. The largest absolute Gasteiger partial charge is 0.301 e. The summed E-state index contributed by atoms with van der Waals surface area (Å²) in [5.74, 6) is 0.100. The molecule has 5 aliphatic carbocycles. The molecule has 0 radical (unpaired) electrons. The van der Waals surface area contributed by atoms with Gasteiger partial charge in [0.25, 0.3) is 0 Å². The molecule has 4 heteroatoms. The third kappa shape index (κ3) is 3.53. The van der Waals surface area contributed by atoms with Gasteiger partial charge in [-0.05, 0) is 94.3 Å². The first kappa shape index (κ1) is 22.0. The summed E-state index contributed by atoms with van der Waals surface area (Å²) < 4.78 is 0. The van der Waals surface area contributed by atoms with Gasteiger partial charge in [0.2, 0.25) is 5.91 Å². The molecule has 1 saturated carbocycles. The standard InChI is InChI=1S/C30H34N2OS/c1-29(20-30(29,22-13-4-2-5-14-22)23-15-6-3-7-16-23)27(33)32-28-31-26(19-34-28)25-18-10-12-21-11-8-9-17-24(21)25/h4,6,13-16,18-19H,2-3,5,7-12,17,20H2,1H3,(H,31,32,33). The van der Waals surface area contributed by atoms with Crippen LogP contribution < -0.4 is 5.32 Å². The molecule has 1 aromatic heterocycles. The molecule has 1 N–H and O–H groups in total. The normalized spacial score (nSPS) is 27.5. The Kier molecular flexibility index (Phi) is 5.60. The number of hydrogen-bond acceptors (Lipinski definition) is 3. The Morgan fingerprint density at radius 3 is 2.38 bits per heavy atom. The molecule has 0 spiro atoms. The first-order valence-electron chi connectivity index (χ1n) is 13.0. The van der Waals surface area contributed by atoms with Crippen molar-refractivity contribution in [3.05, 3.63) is 75.9 Å². The van der Waals surface area contributed by atoms with Crippen molar-refractivity contribution in [3.8, 4) is 0 Å². The first-order valence-corrected chi connectivity index (χ1v) is 13.9. The summed E-state index contributed by atoms with van der Waals surface area (Å²) in [7, 11) is 0. The molecule has 1 unspecified atom stereocenters. The summed E-state index contributed by atoms with van der Waals surface area (Å²) in [6, 6.07) is 0. The van der Waals surface area contributed by atoms with Crippen LogP contribution in [-0.2, 0) is 4.79 Å². The molecule has 1 atom stereocenters. The van der Waals surface area contributed by atoms with Gasteiger partial charge in [-0.2, -0.15) is 0 Å². The van der Waals surface area contributed by atoms with Gasteiger partial charge >= 0.3 is 0 Å². The summed E-state index contributed by atoms with van der Waals surface area (Å²) in [5.41, 5.74) is 7.50. The SMILES string of the molecule is CC1(C(=O)Nc2nc(C3=CCCC4=C3CCCC4)cs2)CC1(C1=CCCC=C1)C1=CCCC=C1. The Balaban J connectivity index is 1.25. The highest BCUT2D eigenvalue weighted by Crippen LogP contribution is 2.73. The monoisotopic (exact) mass is 470 g/mol. The fourth-order valence-corrected chi connectivity index (χ4v) is 7.37. The zero-order valence-electron chi connectivity index (χ0n) is 20.2. The molecular formula is C30H34N2OS. The minimum absolute atomic E-state index is 0.100. The fraction of sp³-hybridized carbons (Fsp3) is 0.467. The molecule has 1 amide bonds. The van der Waals surface area contributed by atoms with Crippen molar-refractivity contribution in [2.24, 2.45) is 10.8 Å². The van der Waals surface area contributed by atoms with Crippen LogP contribution in [0, 0.1) is 10.8 Å². The molecule has 1 fully saturated rings. The van der Waals surface area contributed by atoms with Crippen molar-refractivity contribution < 1.29 is 4.79 Å². The Bertz CT molecular complexity index is 1170. The molecule has 5 aliphatic rings. The summed E-state index contributed by atoms with van der Waals surface area (Å²) in [6.07, 6.45) is 28.6. The van der Waals surface area contributed by atoms with Crippen molar-refractivity contribution in [3.63, 3.8) is 0 Å². The Morgan fingerprint density at radius 1 is 0.941 bits per heavy atom. The van der Waals surface area contributed by atoms with E-state index < -0.39 is 5.41 Å². The summed E-state index contributed by atoms with van der Waals surface area (Å²) >= 11 is 1.56. The van der Waals surface area contributed by atoms with E-state index >= 15 is 0 Å².